The second kappa shape index (κ2) is 8.44. The summed E-state index contributed by atoms with van der Waals surface area (Å²) in [6.07, 6.45) is 5.96. The number of carbonyl (C=O) groups is 1. The lowest BCUT2D eigenvalue weighted by atomic mass is 10.0. The summed E-state index contributed by atoms with van der Waals surface area (Å²) in [6.45, 7) is 1.22. The van der Waals surface area contributed by atoms with Crippen molar-refractivity contribution >= 4 is 28.8 Å². The molecule has 8 heteroatoms. The summed E-state index contributed by atoms with van der Waals surface area (Å²) in [6, 6.07) is 14.7. The number of phenols is 1. The van der Waals surface area contributed by atoms with Gasteiger partial charge in [-0.1, -0.05) is 30.3 Å². The topological polar surface area (TPSA) is 128 Å². The number of phenolic OH excluding ortho intramolecular Hbond substituents is 1. The van der Waals surface area contributed by atoms with Crippen LogP contribution in [0.1, 0.15) is 21.5 Å². The Morgan fingerprint density at radius 2 is 1.90 bits per heavy atom. The average molecular weight is 402 g/mol. The van der Waals surface area contributed by atoms with Crippen LogP contribution in [0.4, 0.5) is 17.3 Å². The molecule has 1 aromatic heterocycles. The summed E-state index contributed by atoms with van der Waals surface area (Å²) < 4.78 is 0. The first-order chi connectivity index (χ1) is 14.6. The molecule has 0 saturated carbocycles. The predicted octanol–water partition coefficient (Wildman–Crippen LogP) is 3.07. The van der Waals surface area contributed by atoms with Gasteiger partial charge in [0.25, 0.3) is 5.91 Å². The molecule has 30 heavy (non-hydrogen) atoms. The maximum atomic E-state index is 12.0. The number of primary amides is 1. The minimum atomic E-state index is -0.596. The molecular weight excluding hydrogens is 380 g/mol. The van der Waals surface area contributed by atoms with Crippen LogP contribution < -0.4 is 21.7 Å². The molecule has 0 aliphatic carbocycles. The van der Waals surface area contributed by atoms with Gasteiger partial charge in [0, 0.05) is 18.8 Å². The van der Waals surface area contributed by atoms with Crippen LogP contribution in [0.5, 0.6) is 5.75 Å². The van der Waals surface area contributed by atoms with Gasteiger partial charge in [0.05, 0.1) is 0 Å². The Morgan fingerprint density at radius 1 is 1.13 bits per heavy atom. The standard InChI is InChI=1S/C22H22N6O2/c23-20(30)19-21(25-12-14-3-9-18(29)10-4-14)27-28-22(19)26-17-7-5-15(6-8-17)16-2-1-11-24-13-16/h1-11,24,29H,12-13H2,(H2,23,30)(H3,25,26,27,28). The van der Waals surface area contributed by atoms with E-state index < -0.39 is 5.91 Å². The minimum absolute atomic E-state index is 0.197. The van der Waals surface area contributed by atoms with Crippen LogP contribution in [0.25, 0.3) is 5.57 Å². The SMILES string of the molecule is NC(=O)c1c(Nc2ccc(C3=CC=CNC3)cc2)n[nH]c1NCc1ccc(O)cc1. The Labute approximate surface area is 173 Å². The van der Waals surface area contributed by atoms with E-state index in [2.05, 4.69) is 32.2 Å². The zero-order valence-electron chi connectivity index (χ0n) is 16.1. The van der Waals surface area contributed by atoms with Crippen molar-refractivity contribution in [2.75, 3.05) is 17.2 Å². The highest BCUT2D eigenvalue weighted by Crippen LogP contribution is 2.26. The van der Waals surface area contributed by atoms with E-state index in [0.29, 0.717) is 18.2 Å². The Balaban J connectivity index is 1.48. The Bertz CT molecular complexity index is 1100. The van der Waals surface area contributed by atoms with Gasteiger partial charge in [0.2, 0.25) is 0 Å². The van der Waals surface area contributed by atoms with Crippen LogP contribution in [-0.4, -0.2) is 27.8 Å². The molecule has 2 heterocycles. The van der Waals surface area contributed by atoms with Crippen molar-refractivity contribution in [1.29, 1.82) is 0 Å². The van der Waals surface area contributed by atoms with Gasteiger partial charge < -0.3 is 26.8 Å². The highest BCUT2D eigenvalue weighted by Gasteiger charge is 2.18. The van der Waals surface area contributed by atoms with Gasteiger partial charge in [-0.25, -0.2) is 0 Å². The van der Waals surface area contributed by atoms with Crippen LogP contribution >= 0.6 is 0 Å². The number of allylic oxidation sites excluding steroid dienone is 2. The summed E-state index contributed by atoms with van der Waals surface area (Å²) in [7, 11) is 0. The Kier molecular flexibility index (Phi) is 5.38. The first kappa shape index (κ1) is 19.1. The predicted molar refractivity (Wildman–Crippen MR) is 117 cm³/mol. The number of anilines is 3. The third-order valence-electron chi connectivity index (χ3n) is 4.74. The maximum Gasteiger partial charge on any atom is 0.256 e. The number of nitrogens with one attached hydrogen (secondary N) is 4. The minimum Gasteiger partial charge on any atom is -0.508 e. The molecule has 0 bridgehead atoms. The summed E-state index contributed by atoms with van der Waals surface area (Å²) >= 11 is 0. The highest BCUT2D eigenvalue weighted by atomic mass is 16.3. The van der Waals surface area contributed by atoms with Crippen LogP contribution in [0.15, 0.2) is 66.9 Å². The molecule has 4 rings (SSSR count). The molecule has 1 aliphatic rings. The first-order valence-corrected chi connectivity index (χ1v) is 9.46. The molecule has 2 aromatic carbocycles. The molecule has 8 nitrogen and oxygen atoms in total. The molecule has 7 N–H and O–H groups in total. The van der Waals surface area contributed by atoms with Gasteiger partial charge in [-0.05, 0) is 53.2 Å². The monoisotopic (exact) mass is 402 g/mol. The zero-order chi connectivity index (χ0) is 20.9. The van der Waals surface area contributed by atoms with Crippen molar-refractivity contribution in [3.63, 3.8) is 0 Å². The smallest absolute Gasteiger partial charge is 0.256 e. The maximum absolute atomic E-state index is 12.0. The third-order valence-corrected chi connectivity index (χ3v) is 4.74. The molecule has 152 valence electrons. The van der Waals surface area contributed by atoms with E-state index in [1.54, 1.807) is 24.3 Å². The Hall–Kier alpha value is -4.20. The van der Waals surface area contributed by atoms with Crippen molar-refractivity contribution in [1.82, 2.24) is 15.5 Å². The number of carbonyl (C=O) groups excluding carboxylic acids is 1. The number of aromatic nitrogens is 2. The molecule has 0 atom stereocenters. The fourth-order valence-electron chi connectivity index (χ4n) is 3.17. The number of benzene rings is 2. The lowest BCUT2D eigenvalue weighted by Gasteiger charge is -2.12. The molecule has 0 unspecified atom stereocenters. The molecule has 0 spiro atoms. The van der Waals surface area contributed by atoms with Crippen molar-refractivity contribution in [2.24, 2.45) is 5.73 Å². The second-order valence-electron chi connectivity index (χ2n) is 6.84. The highest BCUT2D eigenvalue weighted by molar-refractivity contribution is 6.03. The van der Waals surface area contributed by atoms with E-state index in [0.717, 1.165) is 23.4 Å². The average Bonchev–Trinajstić information content (AvgIpc) is 3.17. The van der Waals surface area contributed by atoms with Crippen molar-refractivity contribution in [3.05, 3.63) is 83.6 Å². The molecule has 0 radical (unpaired) electrons. The van der Waals surface area contributed by atoms with Crippen molar-refractivity contribution < 1.29 is 9.90 Å². The lowest BCUT2D eigenvalue weighted by molar-refractivity contribution is 0.100. The fraction of sp³-hybridized carbons (Fsp3) is 0.0909. The summed E-state index contributed by atoms with van der Waals surface area (Å²) in [5.41, 5.74) is 9.88. The number of nitrogens with two attached hydrogens (primary N) is 1. The zero-order valence-corrected chi connectivity index (χ0v) is 16.1. The largest absolute Gasteiger partial charge is 0.508 e. The number of amides is 1. The van der Waals surface area contributed by atoms with Crippen molar-refractivity contribution in [3.8, 4) is 5.75 Å². The van der Waals surface area contributed by atoms with Gasteiger partial charge in [-0.15, -0.1) is 0 Å². The molecular formula is C22H22N6O2. The number of H-pyrrole nitrogens is 1. The van der Waals surface area contributed by atoms with E-state index in [9.17, 15) is 9.90 Å². The van der Waals surface area contributed by atoms with Gasteiger partial charge in [-0.2, -0.15) is 5.10 Å². The van der Waals surface area contributed by atoms with Gasteiger partial charge in [0.15, 0.2) is 5.82 Å². The van der Waals surface area contributed by atoms with Crippen molar-refractivity contribution in [2.45, 2.75) is 6.54 Å². The van der Waals surface area contributed by atoms with Crippen LogP contribution in [0.3, 0.4) is 0 Å². The number of hydrogen-bond acceptors (Lipinski definition) is 6. The van der Waals surface area contributed by atoms with E-state index >= 15 is 0 Å². The number of aromatic hydroxyl groups is 1. The van der Waals surface area contributed by atoms with Crippen LogP contribution in [0.2, 0.25) is 0 Å². The number of dihydropyridines is 1. The molecule has 1 amide bonds. The first-order valence-electron chi connectivity index (χ1n) is 9.46. The third kappa shape index (κ3) is 4.27. The van der Waals surface area contributed by atoms with Gasteiger partial charge in [-0.3, -0.25) is 9.89 Å². The number of nitrogens with zero attached hydrogens (tertiary/aromatic N) is 1. The quantitative estimate of drug-likeness (QED) is 0.360. The summed E-state index contributed by atoms with van der Waals surface area (Å²) in [5, 5.41) is 25.9. The summed E-state index contributed by atoms with van der Waals surface area (Å²) in [4.78, 5) is 12.0. The van der Waals surface area contributed by atoms with Gasteiger partial charge in [0.1, 0.15) is 17.1 Å². The summed E-state index contributed by atoms with van der Waals surface area (Å²) in [5.74, 6) is 0.384. The van der Waals surface area contributed by atoms with E-state index in [-0.39, 0.29) is 11.3 Å². The molecule has 0 saturated heterocycles. The van der Waals surface area contributed by atoms with E-state index in [1.165, 1.54) is 5.57 Å². The molecule has 0 fully saturated rings. The van der Waals surface area contributed by atoms with E-state index in [1.807, 2.05) is 36.5 Å². The van der Waals surface area contributed by atoms with Crippen LogP contribution in [0, 0.1) is 0 Å². The number of aromatic amines is 1. The molecule has 1 aliphatic heterocycles. The van der Waals surface area contributed by atoms with E-state index in [4.69, 9.17) is 5.73 Å². The van der Waals surface area contributed by atoms with Gasteiger partial charge >= 0.3 is 0 Å². The second-order valence-corrected chi connectivity index (χ2v) is 6.84. The number of hydrogen-bond donors (Lipinski definition) is 6. The normalized spacial score (nSPS) is 12.7. The fourth-order valence-corrected chi connectivity index (χ4v) is 3.17. The van der Waals surface area contributed by atoms with Crippen LogP contribution in [-0.2, 0) is 6.54 Å². The lowest BCUT2D eigenvalue weighted by Crippen LogP contribution is -2.15. The number of rotatable bonds is 7. The molecule has 3 aromatic rings. The Morgan fingerprint density at radius 3 is 2.57 bits per heavy atom.